The summed E-state index contributed by atoms with van der Waals surface area (Å²) in [5.74, 6) is -0.0719. The fraction of sp³-hybridized carbons (Fsp3) is 0.375. The van der Waals surface area contributed by atoms with Crippen molar-refractivity contribution < 1.29 is 4.79 Å². The van der Waals surface area contributed by atoms with Gasteiger partial charge in [0.15, 0.2) is 0 Å². The molecule has 0 bridgehead atoms. The minimum atomic E-state index is -0.233. The van der Waals surface area contributed by atoms with Gasteiger partial charge in [0.2, 0.25) is 5.91 Å². The molecule has 1 saturated heterocycles. The first-order chi connectivity index (χ1) is 15.2. The van der Waals surface area contributed by atoms with E-state index in [0.717, 1.165) is 51.1 Å². The van der Waals surface area contributed by atoms with Crippen LogP contribution in [-0.2, 0) is 17.8 Å². The predicted molar refractivity (Wildman–Crippen MR) is 122 cm³/mol. The highest BCUT2D eigenvalue weighted by molar-refractivity contribution is 5.88. The van der Waals surface area contributed by atoms with E-state index < -0.39 is 0 Å². The summed E-state index contributed by atoms with van der Waals surface area (Å²) in [4.78, 5) is 29.2. The second-order valence-corrected chi connectivity index (χ2v) is 8.03. The number of carbonyl (C=O) groups excluding carboxylic acids is 1. The van der Waals surface area contributed by atoms with Gasteiger partial charge in [0.25, 0.3) is 5.56 Å². The van der Waals surface area contributed by atoms with Gasteiger partial charge in [-0.05, 0) is 24.6 Å². The maximum atomic E-state index is 12.3. The first-order valence-electron chi connectivity index (χ1n) is 10.9. The topological polar surface area (TPSA) is 81.3 Å². The van der Waals surface area contributed by atoms with Crippen LogP contribution in [0.3, 0.4) is 0 Å². The standard InChI is InChI=1S/C24H29N5O2/c30-23(17-22-20-9-4-5-10-21(20)24(31)27-26-22)25-11-6-12-28-13-15-29(16-14-28)18-19-7-2-1-3-8-19/h1-5,7-10H,6,11-18H2,(H,25,30)(H,27,31). The first-order valence-corrected chi connectivity index (χ1v) is 10.9. The third kappa shape index (κ3) is 5.77. The molecule has 0 radical (unpaired) electrons. The number of hydrogen-bond donors (Lipinski definition) is 2. The lowest BCUT2D eigenvalue weighted by Gasteiger charge is -2.34. The predicted octanol–water partition coefficient (Wildman–Crippen LogP) is 1.79. The highest BCUT2D eigenvalue weighted by atomic mass is 16.1. The summed E-state index contributed by atoms with van der Waals surface area (Å²) in [7, 11) is 0. The number of aromatic amines is 1. The van der Waals surface area contributed by atoms with Gasteiger partial charge in [-0.3, -0.25) is 14.5 Å². The van der Waals surface area contributed by atoms with E-state index >= 15 is 0 Å². The molecule has 0 spiro atoms. The molecule has 0 saturated carbocycles. The zero-order valence-corrected chi connectivity index (χ0v) is 17.7. The summed E-state index contributed by atoms with van der Waals surface area (Å²) in [6, 6.07) is 17.8. The lowest BCUT2D eigenvalue weighted by Crippen LogP contribution is -2.46. The van der Waals surface area contributed by atoms with Crippen molar-refractivity contribution in [3.8, 4) is 0 Å². The molecule has 162 valence electrons. The van der Waals surface area contributed by atoms with Gasteiger partial charge in [0.1, 0.15) is 0 Å². The maximum absolute atomic E-state index is 12.3. The number of fused-ring (bicyclic) bond motifs is 1. The third-order valence-corrected chi connectivity index (χ3v) is 5.79. The molecule has 0 unspecified atom stereocenters. The van der Waals surface area contributed by atoms with Gasteiger partial charge in [-0.1, -0.05) is 48.5 Å². The SMILES string of the molecule is O=C(Cc1n[nH]c(=O)c2ccccc12)NCCCN1CCN(Cc2ccccc2)CC1. The maximum Gasteiger partial charge on any atom is 0.272 e. The van der Waals surface area contributed by atoms with Crippen molar-refractivity contribution in [3.63, 3.8) is 0 Å². The number of hydrogen-bond acceptors (Lipinski definition) is 5. The van der Waals surface area contributed by atoms with Gasteiger partial charge in [-0.25, -0.2) is 5.10 Å². The highest BCUT2D eigenvalue weighted by Crippen LogP contribution is 2.13. The minimum absolute atomic E-state index is 0.0719. The molecular weight excluding hydrogens is 390 g/mol. The summed E-state index contributed by atoms with van der Waals surface area (Å²) in [6.45, 7) is 6.92. The number of piperazine rings is 1. The summed E-state index contributed by atoms with van der Waals surface area (Å²) in [5, 5.41) is 10.8. The van der Waals surface area contributed by atoms with Crippen molar-refractivity contribution in [3.05, 3.63) is 76.2 Å². The molecule has 1 aromatic heterocycles. The zero-order chi connectivity index (χ0) is 21.5. The lowest BCUT2D eigenvalue weighted by molar-refractivity contribution is -0.120. The first kappa shape index (κ1) is 21.2. The molecule has 2 aromatic carbocycles. The molecule has 1 fully saturated rings. The van der Waals surface area contributed by atoms with Crippen LogP contribution in [0.4, 0.5) is 0 Å². The third-order valence-electron chi connectivity index (χ3n) is 5.79. The summed E-state index contributed by atoms with van der Waals surface area (Å²) in [5.41, 5.74) is 1.73. The largest absolute Gasteiger partial charge is 0.356 e. The van der Waals surface area contributed by atoms with Crippen LogP contribution in [0.1, 0.15) is 17.7 Å². The van der Waals surface area contributed by atoms with Crippen LogP contribution in [0.25, 0.3) is 10.8 Å². The number of benzene rings is 2. The van der Waals surface area contributed by atoms with Crippen molar-refractivity contribution in [1.82, 2.24) is 25.3 Å². The van der Waals surface area contributed by atoms with E-state index in [-0.39, 0.29) is 17.9 Å². The van der Waals surface area contributed by atoms with Crippen molar-refractivity contribution in [2.24, 2.45) is 0 Å². The molecule has 1 aliphatic heterocycles. The second kappa shape index (κ2) is 10.3. The smallest absolute Gasteiger partial charge is 0.272 e. The Morgan fingerprint density at radius 1 is 0.935 bits per heavy atom. The molecule has 4 rings (SSSR count). The lowest BCUT2D eigenvalue weighted by atomic mass is 10.1. The minimum Gasteiger partial charge on any atom is -0.356 e. The molecule has 2 N–H and O–H groups in total. The van der Waals surface area contributed by atoms with Crippen LogP contribution >= 0.6 is 0 Å². The highest BCUT2D eigenvalue weighted by Gasteiger charge is 2.16. The van der Waals surface area contributed by atoms with Crippen molar-refractivity contribution in [2.75, 3.05) is 39.3 Å². The Hall–Kier alpha value is -3.03. The van der Waals surface area contributed by atoms with E-state index in [4.69, 9.17) is 0 Å². The Kier molecular flexibility index (Phi) is 7.07. The normalized spacial score (nSPS) is 15.2. The van der Waals surface area contributed by atoms with Crippen LogP contribution < -0.4 is 10.9 Å². The fourth-order valence-electron chi connectivity index (χ4n) is 4.06. The van der Waals surface area contributed by atoms with Gasteiger partial charge in [-0.2, -0.15) is 5.10 Å². The Labute approximate surface area is 182 Å². The van der Waals surface area contributed by atoms with E-state index in [0.29, 0.717) is 17.6 Å². The van der Waals surface area contributed by atoms with Crippen molar-refractivity contribution in [1.29, 1.82) is 0 Å². The van der Waals surface area contributed by atoms with Crippen LogP contribution in [-0.4, -0.2) is 65.2 Å². The monoisotopic (exact) mass is 419 g/mol. The van der Waals surface area contributed by atoms with Gasteiger partial charge in [-0.15, -0.1) is 0 Å². The van der Waals surface area contributed by atoms with Crippen LogP contribution in [0.5, 0.6) is 0 Å². The number of carbonyl (C=O) groups is 1. The number of rotatable bonds is 8. The summed E-state index contributed by atoms with van der Waals surface area (Å²) >= 11 is 0. The van der Waals surface area contributed by atoms with Crippen molar-refractivity contribution in [2.45, 2.75) is 19.4 Å². The summed E-state index contributed by atoms with van der Waals surface area (Å²) < 4.78 is 0. The molecule has 7 heteroatoms. The molecule has 2 heterocycles. The number of nitrogens with one attached hydrogen (secondary N) is 2. The Balaban J connectivity index is 1.16. The van der Waals surface area contributed by atoms with Crippen LogP contribution in [0.2, 0.25) is 0 Å². The average Bonchev–Trinajstić information content (AvgIpc) is 2.81. The van der Waals surface area contributed by atoms with Crippen molar-refractivity contribution >= 4 is 16.7 Å². The summed E-state index contributed by atoms with van der Waals surface area (Å²) in [6.07, 6.45) is 1.08. The Bertz CT molecular complexity index is 1060. The Morgan fingerprint density at radius 3 is 2.39 bits per heavy atom. The van der Waals surface area contributed by atoms with Gasteiger partial charge in [0, 0.05) is 44.7 Å². The molecular formula is C24H29N5O2. The van der Waals surface area contributed by atoms with Gasteiger partial charge >= 0.3 is 0 Å². The van der Waals surface area contributed by atoms with Crippen LogP contribution in [0.15, 0.2) is 59.4 Å². The van der Waals surface area contributed by atoms with E-state index in [1.54, 1.807) is 6.07 Å². The van der Waals surface area contributed by atoms with E-state index in [1.165, 1.54) is 5.56 Å². The number of aromatic nitrogens is 2. The van der Waals surface area contributed by atoms with Gasteiger partial charge in [0.05, 0.1) is 17.5 Å². The average molecular weight is 420 g/mol. The molecule has 1 aliphatic rings. The molecule has 1 amide bonds. The number of H-pyrrole nitrogens is 1. The van der Waals surface area contributed by atoms with E-state index in [2.05, 4.69) is 55.6 Å². The van der Waals surface area contributed by atoms with Crippen LogP contribution in [0, 0.1) is 0 Å². The van der Waals surface area contributed by atoms with Gasteiger partial charge < -0.3 is 10.2 Å². The van der Waals surface area contributed by atoms with E-state index in [9.17, 15) is 9.59 Å². The molecule has 3 aromatic rings. The number of amides is 1. The molecule has 7 nitrogen and oxygen atoms in total. The second-order valence-electron chi connectivity index (χ2n) is 8.03. The molecule has 0 aliphatic carbocycles. The Morgan fingerprint density at radius 2 is 1.61 bits per heavy atom. The zero-order valence-electron chi connectivity index (χ0n) is 17.7. The van der Waals surface area contributed by atoms with E-state index in [1.807, 2.05) is 18.2 Å². The molecule has 31 heavy (non-hydrogen) atoms. The molecule has 0 atom stereocenters. The fourth-order valence-corrected chi connectivity index (χ4v) is 4.06. The quantitative estimate of drug-likeness (QED) is 0.544. The number of nitrogens with zero attached hydrogens (tertiary/aromatic N) is 3.